The van der Waals surface area contributed by atoms with Crippen molar-refractivity contribution in [3.63, 3.8) is 0 Å². The molecule has 3 rings (SSSR count). The molecule has 2 N–H and O–H groups in total. The molecule has 0 saturated heterocycles. The van der Waals surface area contributed by atoms with Crippen LogP contribution in [0.5, 0.6) is 0 Å². The van der Waals surface area contributed by atoms with E-state index in [1.807, 2.05) is 16.6 Å². The first-order valence-corrected chi connectivity index (χ1v) is 7.17. The second kappa shape index (κ2) is 3.76. The van der Waals surface area contributed by atoms with Crippen molar-refractivity contribution in [1.82, 2.24) is 19.8 Å². The molecule has 0 saturated carbocycles. The molecule has 0 aliphatic carbocycles. The minimum atomic E-state index is -0.0702. The minimum absolute atomic E-state index is 0.0702. The molecule has 0 aliphatic rings. The summed E-state index contributed by atoms with van der Waals surface area (Å²) in [7, 11) is 0. The standard InChI is InChI=1S/C11H13N5S2/c1-11(2,3)9-13-14-10-16(9)15-8(18-10)6-4-5-7(12)17-6/h4-5H,12H2,1-3H3. The van der Waals surface area contributed by atoms with Crippen LogP contribution in [0.15, 0.2) is 12.1 Å². The molecule has 0 spiro atoms. The number of hydrogen-bond donors (Lipinski definition) is 1. The Morgan fingerprint density at radius 3 is 2.56 bits per heavy atom. The van der Waals surface area contributed by atoms with E-state index in [4.69, 9.17) is 5.73 Å². The minimum Gasteiger partial charge on any atom is -0.391 e. The highest BCUT2D eigenvalue weighted by Gasteiger charge is 2.23. The van der Waals surface area contributed by atoms with E-state index in [1.165, 1.54) is 22.7 Å². The van der Waals surface area contributed by atoms with Gasteiger partial charge in [0.15, 0.2) is 10.8 Å². The molecule has 0 bridgehead atoms. The number of fused-ring (bicyclic) bond motifs is 1. The highest BCUT2D eigenvalue weighted by Crippen LogP contribution is 2.33. The molecule has 0 unspecified atom stereocenters. The fourth-order valence-electron chi connectivity index (χ4n) is 1.65. The molecule has 0 fully saturated rings. The molecule has 7 heteroatoms. The maximum Gasteiger partial charge on any atom is 0.235 e. The van der Waals surface area contributed by atoms with Gasteiger partial charge in [-0.25, -0.2) is 0 Å². The summed E-state index contributed by atoms with van der Waals surface area (Å²) in [5.74, 6) is 0.879. The lowest BCUT2D eigenvalue weighted by Gasteiger charge is -2.13. The van der Waals surface area contributed by atoms with Crippen molar-refractivity contribution in [3.05, 3.63) is 18.0 Å². The highest BCUT2D eigenvalue weighted by atomic mass is 32.1. The number of nitrogens with zero attached hydrogens (tertiary/aromatic N) is 4. The lowest BCUT2D eigenvalue weighted by atomic mass is 9.96. The molecule has 18 heavy (non-hydrogen) atoms. The molecule has 3 aromatic rings. The Morgan fingerprint density at radius 2 is 1.94 bits per heavy atom. The first-order valence-electron chi connectivity index (χ1n) is 5.53. The van der Waals surface area contributed by atoms with Gasteiger partial charge in [-0.2, -0.15) is 9.61 Å². The van der Waals surface area contributed by atoms with E-state index in [9.17, 15) is 0 Å². The summed E-state index contributed by atoms with van der Waals surface area (Å²) >= 11 is 3.07. The van der Waals surface area contributed by atoms with Gasteiger partial charge in [0.05, 0.1) is 9.88 Å². The van der Waals surface area contributed by atoms with Gasteiger partial charge in [0.25, 0.3) is 0 Å². The topological polar surface area (TPSA) is 69.1 Å². The molecule has 0 radical (unpaired) electrons. The number of nitrogens with two attached hydrogens (primary N) is 1. The van der Waals surface area contributed by atoms with Gasteiger partial charge in [0, 0.05) is 5.41 Å². The van der Waals surface area contributed by atoms with E-state index in [0.717, 1.165) is 25.7 Å². The van der Waals surface area contributed by atoms with Crippen LogP contribution in [0.1, 0.15) is 26.6 Å². The van der Waals surface area contributed by atoms with E-state index in [2.05, 4.69) is 36.1 Å². The molecule has 94 valence electrons. The number of anilines is 1. The number of thiophene rings is 1. The lowest BCUT2D eigenvalue weighted by Crippen LogP contribution is -2.16. The Hall–Kier alpha value is -1.47. The van der Waals surface area contributed by atoms with Crippen molar-refractivity contribution in [2.45, 2.75) is 26.2 Å². The number of rotatable bonds is 1. The second-order valence-corrected chi connectivity index (χ2v) is 7.15. The van der Waals surface area contributed by atoms with Crippen LogP contribution in [-0.2, 0) is 5.41 Å². The summed E-state index contributed by atoms with van der Waals surface area (Å²) in [6.45, 7) is 6.31. The van der Waals surface area contributed by atoms with Crippen molar-refractivity contribution < 1.29 is 0 Å². The predicted octanol–water partition coefficient (Wildman–Crippen LogP) is 2.79. The van der Waals surface area contributed by atoms with E-state index < -0.39 is 0 Å². The smallest absolute Gasteiger partial charge is 0.235 e. The van der Waals surface area contributed by atoms with E-state index in [-0.39, 0.29) is 5.41 Å². The zero-order chi connectivity index (χ0) is 12.9. The van der Waals surface area contributed by atoms with Gasteiger partial charge in [0.1, 0.15) is 0 Å². The zero-order valence-corrected chi connectivity index (χ0v) is 12.0. The van der Waals surface area contributed by atoms with Crippen molar-refractivity contribution in [2.24, 2.45) is 0 Å². The zero-order valence-electron chi connectivity index (χ0n) is 10.3. The maximum absolute atomic E-state index is 5.75. The van der Waals surface area contributed by atoms with Crippen LogP contribution in [-0.4, -0.2) is 19.8 Å². The monoisotopic (exact) mass is 279 g/mol. The van der Waals surface area contributed by atoms with Crippen LogP contribution in [0, 0.1) is 0 Å². The fraction of sp³-hybridized carbons (Fsp3) is 0.364. The summed E-state index contributed by atoms with van der Waals surface area (Å²) in [4.78, 5) is 1.89. The van der Waals surface area contributed by atoms with E-state index >= 15 is 0 Å². The maximum atomic E-state index is 5.75. The van der Waals surface area contributed by atoms with Gasteiger partial charge >= 0.3 is 0 Å². The Bertz CT molecular complexity index is 700. The molecule has 0 amide bonds. The van der Waals surface area contributed by atoms with Crippen LogP contribution in [0.3, 0.4) is 0 Å². The van der Waals surface area contributed by atoms with Gasteiger partial charge in [-0.3, -0.25) is 0 Å². The Kier molecular flexibility index (Phi) is 2.43. The molecule has 0 aliphatic heterocycles. The average Bonchev–Trinajstić information content (AvgIpc) is 2.87. The first-order chi connectivity index (χ1) is 8.45. The van der Waals surface area contributed by atoms with Gasteiger partial charge < -0.3 is 5.73 Å². The van der Waals surface area contributed by atoms with E-state index in [0.29, 0.717) is 0 Å². The number of hydrogen-bond acceptors (Lipinski definition) is 6. The van der Waals surface area contributed by atoms with Crippen LogP contribution >= 0.6 is 22.7 Å². The molecule has 5 nitrogen and oxygen atoms in total. The van der Waals surface area contributed by atoms with Gasteiger partial charge in [-0.15, -0.1) is 21.5 Å². The molecule has 0 aromatic carbocycles. The summed E-state index contributed by atoms with van der Waals surface area (Å²) in [6, 6.07) is 3.88. The third-order valence-electron chi connectivity index (χ3n) is 2.50. The molecule has 0 atom stereocenters. The molecule has 3 heterocycles. The highest BCUT2D eigenvalue weighted by molar-refractivity contribution is 7.25. The van der Waals surface area contributed by atoms with Gasteiger partial charge in [-0.1, -0.05) is 32.1 Å². The molecule has 3 aromatic heterocycles. The lowest BCUT2D eigenvalue weighted by molar-refractivity contribution is 0.528. The predicted molar refractivity (Wildman–Crippen MR) is 75.1 cm³/mol. The third kappa shape index (κ3) is 1.79. The van der Waals surface area contributed by atoms with Crippen LogP contribution < -0.4 is 5.73 Å². The normalized spacial score (nSPS) is 12.4. The summed E-state index contributed by atoms with van der Waals surface area (Å²) in [6.07, 6.45) is 0. The van der Waals surface area contributed by atoms with Crippen molar-refractivity contribution in [3.8, 4) is 9.88 Å². The van der Waals surface area contributed by atoms with Crippen molar-refractivity contribution in [1.29, 1.82) is 0 Å². The molecular formula is C11H13N5S2. The van der Waals surface area contributed by atoms with Crippen molar-refractivity contribution >= 4 is 32.6 Å². The molecular weight excluding hydrogens is 266 g/mol. The number of nitrogen functional groups attached to an aromatic ring is 1. The summed E-state index contributed by atoms with van der Waals surface area (Å²) in [5.41, 5.74) is 5.68. The average molecular weight is 279 g/mol. The van der Waals surface area contributed by atoms with Gasteiger partial charge in [-0.05, 0) is 12.1 Å². The summed E-state index contributed by atoms with van der Waals surface area (Å²) in [5, 5.41) is 14.7. The Labute approximate surface area is 112 Å². The quantitative estimate of drug-likeness (QED) is 0.743. The fourth-order valence-corrected chi connectivity index (χ4v) is 3.32. The van der Waals surface area contributed by atoms with Crippen molar-refractivity contribution in [2.75, 3.05) is 5.73 Å². The second-order valence-electron chi connectivity index (χ2n) is 5.08. The van der Waals surface area contributed by atoms with Crippen LogP contribution in [0.4, 0.5) is 5.00 Å². The van der Waals surface area contributed by atoms with E-state index in [1.54, 1.807) is 0 Å². The van der Waals surface area contributed by atoms with Crippen LogP contribution in [0.25, 0.3) is 14.8 Å². The van der Waals surface area contributed by atoms with Crippen LogP contribution in [0.2, 0.25) is 0 Å². The third-order valence-corrected chi connectivity index (χ3v) is 4.48. The largest absolute Gasteiger partial charge is 0.391 e. The number of aromatic nitrogens is 4. The Morgan fingerprint density at radius 1 is 1.17 bits per heavy atom. The van der Waals surface area contributed by atoms with Gasteiger partial charge in [0.2, 0.25) is 4.96 Å². The first kappa shape index (κ1) is 11.6. The summed E-state index contributed by atoms with van der Waals surface area (Å²) < 4.78 is 1.83. The SMILES string of the molecule is CC(C)(C)c1nnc2sc(-c3ccc(N)s3)nn12. The Balaban J connectivity index is 2.15.